The number of aromatic nitrogens is 3. The van der Waals surface area contributed by atoms with Gasteiger partial charge in [0.15, 0.2) is 0 Å². The molecule has 0 aliphatic heterocycles. The van der Waals surface area contributed by atoms with Crippen LogP contribution in [0.4, 0.5) is 5.69 Å². The van der Waals surface area contributed by atoms with Gasteiger partial charge in [0.1, 0.15) is 6.33 Å². The van der Waals surface area contributed by atoms with Crippen LogP contribution in [0.3, 0.4) is 0 Å². The highest BCUT2D eigenvalue weighted by molar-refractivity contribution is 5.48. The van der Waals surface area contributed by atoms with E-state index in [0.717, 1.165) is 23.5 Å². The lowest BCUT2D eigenvalue weighted by atomic mass is 10.2. The summed E-state index contributed by atoms with van der Waals surface area (Å²) in [5.74, 6) is 0. The molecule has 0 fully saturated rings. The standard InChI is InChI=1S/C22H20N4O/c27-22-25(16-19-9-5-2-6-10-19)17-24-26(22)21-13-11-20(12-14-21)23-15-18-7-3-1-4-8-18/h1-14,17,23H,15-16H2. The number of hydrogen-bond donors (Lipinski definition) is 1. The molecular weight excluding hydrogens is 336 g/mol. The van der Waals surface area contributed by atoms with Gasteiger partial charge in [-0.3, -0.25) is 4.57 Å². The summed E-state index contributed by atoms with van der Waals surface area (Å²) in [6, 6.07) is 27.8. The van der Waals surface area contributed by atoms with Gasteiger partial charge >= 0.3 is 5.69 Å². The van der Waals surface area contributed by atoms with Crippen LogP contribution in [0.2, 0.25) is 0 Å². The number of anilines is 1. The molecule has 1 heterocycles. The number of benzene rings is 3. The van der Waals surface area contributed by atoms with Crippen LogP contribution in [-0.2, 0) is 13.1 Å². The van der Waals surface area contributed by atoms with E-state index in [1.54, 1.807) is 10.9 Å². The normalized spacial score (nSPS) is 10.7. The summed E-state index contributed by atoms with van der Waals surface area (Å²) in [5, 5.41) is 7.63. The average Bonchev–Trinajstić information content (AvgIpc) is 3.09. The SMILES string of the molecule is O=c1n(Cc2ccccc2)cnn1-c1ccc(NCc2ccccc2)cc1. The Morgan fingerprint density at radius 1 is 0.778 bits per heavy atom. The van der Waals surface area contributed by atoms with Crippen molar-refractivity contribution in [2.24, 2.45) is 0 Å². The van der Waals surface area contributed by atoms with Crippen molar-refractivity contribution in [2.45, 2.75) is 13.1 Å². The zero-order chi connectivity index (χ0) is 18.5. The van der Waals surface area contributed by atoms with Crippen molar-refractivity contribution in [1.82, 2.24) is 14.3 Å². The number of nitrogens with zero attached hydrogens (tertiary/aromatic N) is 3. The van der Waals surface area contributed by atoms with Gasteiger partial charge in [-0.05, 0) is 35.4 Å². The monoisotopic (exact) mass is 356 g/mol. The number of nitrogens with one attached hydrogen (secondary N) is 1. The van der Waals surface area contributed by atoms with Gasteiger partial charge in [-0.1, -0.05) is 60.7 Å². The van der Waals surface area contributed by atoms with Crippen LogP contribution in [0.1, 0.15) is 11.1 Å². The molecule has 5 heteroatoms. The molecule has 0 atom stereocenters. The van der Waals surface area contributed by atoms with E-state index in [1.165, 1.54) is 10.2 Å². The third-order valence-electron chi connectivity index (χ3n) is 4.38. The minimum absolute atomic E-state index is 0.149. The molecule has 0 aliphatic rings. The molecule has 0 aliphatic carbocycles. The maximum absolute atomic E-state index is 12.6. The van der Waals surface area contributed by atoms with Gasteiger partial charge in [-0.2, -0.15) is 9.78 Å². The highest BCUT2D eigenvalue weighted by Gasteiger charge is 2.07. The third-order valence-corrected chi connectivity index (χ3v) is 4.38. The van der Waals surface area contributed by atoms with Gasteiger partial charge in [0.25, 0.3) is 0 Å². The third kappa shape index (κ3) is 3.98. The molecule has 1 N–H and O–H groups in total. The molecule has 4 aromatic rings. The minimum Gasteiger partial charge on any atom is -0.381 e. The molecule has 0 saturated carbocycles. The van der Waals surface area contributed by atoms with Crippen LogP contribution < -0.4 is 11.0 Å². The largest absolute Gasteiger partial charge is 0.381 e. The Morgan fingerprint density at radius 3 is 2.07 bits per heavy atom. The fourth-order valence-electron chi connectivity index (χ4n) is 2.92. The van der Waals surface area contributed by atoms with E-state index in [4.69, 9.17) is 0 Å². The van der Waals surface area contributed by atoms with Crippen molar-refractivity contribution in [3.8, 4) is 5.69 Å². The quantitative estimate of drug-likeness (QED) is 0.573. The van der Waals surface area contributed by atoms with Crippen molar-refractivity contribution in [1.29, 1.82) is 0 Å². The smallest absolute Gasteiger partial charge is 0.350 e. The van der Waals surface area contributed by atoms with Crippen LogP contribution in [-0.4, -0.2) is 14.3 Å². The van der Waals surface area contributed by atoms with Crippen LogP contribution in [0.15, 0.2) is 96.1 Å². The van der Waals surface area contributed by atoms with Crippen LogP contribution in [0, 0.1) is 0 Å². The van der Waals surface area contributed by atoms with E-state index in [0.29, 0.717) is 6.54 Å². The second-order valence-corrected chi connectivity index (χ2v) is 6.32. The van der Waals surface area contributed by atoms with Crippen molar-refractivity contribution < 1.29 is 0 Å². The second kappa shape index (κ2) is 7.74. The lowest BCUT2D eigenvalue weighted by molar-refractivity contribution is 0.738. The first-order valence-electron chi connectivity index (χ1n) is 8.86. The maximum atomic E-state index is 12.6. The maximum Gasteiger partial charge on any atom is 0.350 e. The van der Waals surface area contributed by atoms with Crippen LogP contribution in [0.5, 0.6) is 0 Å². The van der Waals surface area contributed by atoms with Gasteiger partial charge in [0, 0.05) is 12.2 Å². The molecule has 0 bridgehead atoms. The first-order valence-corrected chi connectivity index (χ1v) is 8.86. The highest BCUT2D eigenvalue weighted by atomic mass is 16.2. The van der Waals surface area contributed by atoms with Crippen molar-refractivity contribution in [2.75, 3.05) is 5.32 Å². The Morgan fingerprint density at radius 2 is 1.41 bits per heavy atom. The van der Waals surface area contributed by atoms with E-state index < -0.39 is 0 Å². The average molecular weight is 356 g/mol. The highest BCUT2D eigenvalue weighted by Crippen LogP contribution is 2.13. The van der Waals surface area contributed by atoms with E-state index in [9.17, 15) is 4.79 Å². The molecule has 1 aromatic heterocycles. The van der Waals surface area contributed by atoms with E-state index >= 15 is 0 Å². The van der Waals surface area contributed by atoms with Gasteiger partial charge < -0.3 is 5.32 Å². The molecule has 5 nitrogen and oxygen atoms in total. The molecule has 0 saturated heterocycles. The molecule has 0 amide bonds. The van der Waals surface area contributed by atoms with Crippen LogP contribution in [0.25, 0.3) is 5.69 Å². The minimum atomic E-state index is -0.149. The summed E-state index contributed by atoms with van der Waals surface area (Å²) in [4.78, 5) is 12.6. The fourth-order valence-corrected chi connectivity index (χ4v) is 2.92. The van der Waals surface area contributed by atoms with Crippen molar-refractivity contribution >= 4 is 5.69 Å². The lowest BCUT2D eigenvalue weighted by Gasteiger charge is -2.07. The van der Waals surface area contributed by atoms with Gasteiger partial charge in [-0.15, -0.1) is 0 Å². The molecular formula is C22H20N4O. The second-order valence-electron chi connectivity index (χ2n) is 6.32. The van der Waals surface area contributed by atoms with E-state index in [2.05, 4.69) is 22.5 Å². The summed E-state index contributed by atoms with van der Waals surface area (Å²) < 4.78 is 3.03. The Balaban J connectivity index is 1.47. The predicted octanol–water partition coefficient (Wildman–Crippen LogP) is 3.69. The molecule has 0 unspecified atom stereocenters. The van der Waals surface area contributed by atoms with Crippen molar-refractivity contribution in [3.05, 3.63) is 113 Å². The summed E-state index contributed by atoms with van der Waals surface area (Å²) in [5.41, 5.74) is 3.89. The number of rotatable bonds is 6. The summed E-state index contributed by atoms with van der Waals surface area (Å²) in [6.45, 7) is 1.27. The lowest BCUT2D eigenvalue weighted by Crippen LogP contribution is -2.24. The molecule has 0 spiro atoms. The predicted molar refractivity (Wildman–Crippen MR) is 107 cm³/mol. The molecule has 27 heavy (non-hydrogen) atoms. The summed E-state index contributed by atoms with van der Waals surface area (Å²) in [6.07, 6.45) is 1.58. The molecule has 3 aromatic carbocycles. The first kappa shape index (κ1) is 16.8. The van der Waals surface area contributed by atoms with E-state index in [-0.39, 0.29) is 5.69 Å². The fraction of sp³-hybridized carbons (Fsp3) is 0.0909. The topological polar surface area (TPSA) is 51.9 Å². The van der Waals surface area contributed by atoms with Gasteiger partial charge in [0.05, 0.1) is 12.2 Å². The zero-order valence-corrected chi connectivity index (χ0v) is 14.8. The van der Waals surface area contributed by atoms with Crippen LogP contribution >= 0.6 is 0 Å². The Kier molecular flexibility index (Phi) is 4.83. The summed E-state index contributed by atoms with van der Waals surface area (Å²) >= 11 is 0. The first-order chi connectivity index (χ1) is 13.3. The number of hydrogen-bond acceptors (Lipinski definition) is 3. The Bertz CT molecular complexity index is 1050. The molecule has 4 rings (SSSR count). The Labute approximate surface area is 157 Å². The van der Waals surface area contributed by atoms with Gasteiger partial charge in [-0.25, -0.2) is 4.79 Å². The zero-order valence-electron chi connectivity index (χ0n) is 14.8. The molecule has 0 radical (unpaired) electrons. The Hall–Kier alpha value is -3.60. The van der Waals surface area contributed by atoms with Gasteiger partial charge in [0.2, 0.25) is 0 Å². The molecule has 134 valence electrons. The summed E-state index contributed by atoms with van der Waals surface area (Å²) in [7, 11) is 0. The van der Waals surface area contributed by atoms with Crippen molar-refractivity contribution in [3.63, 3.8) is 0 Å². The van der Waals surface area contributed by atoms with E-state index in [1.807, 2.05) is 72.8 Å².